The molecule has 0 saturated carbocycles. The van der Waals surface area contributed by atoms with Crippen molar-refractivity contribution in [3.05, 3.63) is 16.1 Å². The summed E-state index contributed by atoms with van der Waals surface area (Å²) in [7, 11) is 1.60. The van der Waals surface area contributed by atoms with Gasteiger partial charge in [0.2, 0.25) is 5.88 Å². The molecular formula is C10H14Cl2N2O2. The van der Waals surface area contributed by atoms with E-state index >= 15 is 0 Å². The average molecular weight is 265 g/mol. The minimum Gasteiger partial charge on any atom is -0.474 e. The molecule has 0 atom stereocenters. The van der Waals surface area contributed by atoms with Gasteiger partial charge in [0.1, 0.15) is 17.4 Å². The lowest BCUT2D eigenvalue weighted by atomic mass is 10.4. The number of pyridine rings is 1. The number of aromatic nitrogens is 1. The van der Waals surface area contributed by atoms with Gasteiger partial charge in [-0.25, -0.2) is 0 Å². The fourth-order valence-corrected chi connectivity index (χ4v) is 1.54. The normalized spacial score (nSPS) is 10.2. The number of anilines is 1. The van der Waals surface area contributed by atoms with E-state index in [0.29, 0.717) is 35.0 Å². The van der Waals surface area contributed by atoms with Crippen LogP contribution in [0.3, 0.4) is 0 Å². The molecule has 16 heavy (non-hydrogen) atoms. The lowest BCUT2D eigenvalue weighted by molar-refractivity contribution is 0.144. The second kappa shape index (κ2) is 6.78. The third-order valence-corrected chi connectivity index (χ3v) is 2.33. The van der Waals surface area contributed by atoms with Crippen LogP contribution in [0, 0.1) is 0 Å². The summed E-state index contributed by atoms with van der Waals surface area (Å²) < 4.78 is 10.2. The first-order valence-corrected chi connectivity index (χ1v) is 5.66. The van der Waals surface area contributed by atoms with Crippen molar-refractivity contribution in [1.29, 1.82) is 0 Å². The molecule has 1 rings (SSSR count). The highest BCUT2D eigenvalue weighted by Crippen LogP contribution is 2.30. The Labute approximate surface area is 105 Å². The van der Waals surface area contributed by atoms with Crippen LogP contribution in [-0.4, -0.2) is 31.9 Å². The van der Waals surface area contributed by atoms with Crippen molar-refractivity contribution in [2.75, 3.05) is 32.2 Å². The number of nitrogens with zero attached hydrogens (tertiary/aromatic N) is 1. The van der Waals surface area contributed by atoms with Crippen LogP contribution >= 0.6 is 23.2 Å². The Morgan fingerprint density at radius 3 is 2.69 bits per heavy atom. The van der Waals surface area contributed by atoms with Gasteiger partial charge in [-0.05, 0) is 13.0 Å². The number of hydrogen-bond acceptors (Lipinski definition) is 4. The van der Waals surface area contributed by atoms with Crippen molar-refractivity contribution in [2.45, 2.75) is 6.92 Å². The smallest absolute Gasteiger partial charge is 0.234 e. The molecule has 0 radical (unpaired) electrons. The second-order valence-corrected chi connectivity index (χ2v) is 3.79. The summed E-state index contributed by atoms with van der Waals surface area (Å²) in [6.45, 7) is 3.57. The molecule has 4 nitrogen and oxygen atoms in total. The van der Waals surface area contributed by atoms with Crippen LogP contribution in [0.1, 0.15) is 6.92 Å². The Hall–Kier alpha value is -0.710. The van der Waals surface area contributed by atoms with Gasteiger partial charge in [-0.15, -0.1) is 0 Å². The maximum absolute atomic E-state index is 5.95. The van der Waals surface area contributed by atoms with Gasteiger partial charge >= 0.3 is 0 Å². The standard InChI is InChI=1S/C10H14Cl2N2O2/c1-3-13-9-7(11)6-8(12)10(14-9)16-5-4-15-2/h6H,3-5H2,1-2H3,(H,13,14). The maximum Gasteiger partial charge on any atom is 0.234 e. The zero-order valence-corrected chi connectivity index (χ0v) is 10.7. The number of nitrogens with one attached hydrogen (secondary N) is 1. The molecular weight excluding hydrogens is 251 g/mol. The van der Waals surface area contributed by atoms with Gasteiger partial charge in [-0.1, -0.05) is 23.2 Å². The van der Waals surface area contributed by atoms with Gasteiger partial charge in [0.15, 0.2) is 0 Å². The first-order valence-electron chi connectivity index (χ1n) is 4.90. The van der Waals surface area contributed by atoms with Crippen LogP contribution in [0.2, 0.25) is 10.0 Å². The third-order valence-electron chi connectivity index (χ3n) is 1.77. The maximum atomic E-state index is 5.95. The minimum atomic E-state index is 0.360. The first kappa shape index (κ1) is 13.4. The Balaban J connectivity index is 2.78. The number of ether oxygens (including phenoxy) is 2. The van der Waals surface area contributed by atoms with Gasteiger partial charge in [0, 0.05) is 13.7 Å². The molecule has 1 heterocycles. The van der Waals surface area contributed by atoms with E-state index in [0.717, 1.165) is 6.54 Å². The van der Waals surface area contributed by atoms with Gasteiger partial charge in [-0.3, -0.25) is 0 Å². The van der Waals surface area contributed by atoms with Crippen molar-refractivity contribution < 1.29 is 9.47 Å². The van der Waals surface area contributed by atoms with E-state index in [4.69, 9.17) is 32.7 Å². The van der Waals surface area contributed by atoms with Crippen LogP contribution in [0.5, 0.6) is 5.88 Å². The number of rotatable bonds is 6. The van der Waals surface area contributed by atoms with Gasteiger partial charge in [0.05, 0.1) is 11.6 Å². The SMILES string of the molecule is CCNc1nc(OCCOC)c(Cl)cc1Cl. The summed E-state index contributed by atoms with van der Waals surface area (Å²) in [5.74, 6) is 0.931. The lowest BCUT2D eigenvalue weighted by Gasteiger charge is -2.10. The Morgan fingerprint density at radius 2 is 2.06 bits per heavy atom. The number of halogens is 2. The van der Waals surface area contributed by atoms with Crippen molar-refractivity contribution in [2.24, 2.45) is 0 Å². The third kappa shape index (κ3) is 3.70. The monoisotopic (exact) mass is 264 g/mol. The molecule has 0 aliphatic rings. The predicted molar refractivity (Wildman–Crippen MR) is 65.8 cm³/mol. The highest BCUT2D eigenvalue weighted by Gasteiger charge is 2.09. The summed E-state index contributed by atoms with van der Waals surface area (Å²) >= 11 is 11.9. The van der Waals surface area contributed by atoms with E-state index in [1.54, 1.807) is 13.2 Å². The molecule has 0 spiro atoms. The molecule has 1 N–H and O–H groups in total. The van der Waals surface area contributed by atoms with E-state index in [2.05, 4.69) is 10.3 Å². The summed E-state index contributed by atoms with van der Waals surface area (Å²) in [4.78, 5) is 4.18. The van der Waals surface area contributed by atoms with Gasteiger partial charge in [0.25, 0.3) is 0 Å². The number of hydrogen-bond donors (Lipinski definition) is 1. The van der Waals surface area contributed by atoms with Crippen LogP contribution in [-0.2, 0) is 4.74 Å². The van der Waals surface area contributed by atoms with E-state index < -0.39 is 0 Å². The average Bonchev–Trinajstić information content (AvgIpc) is 2.25. The van der Waals surface area contributed by atoms with Gasteiger partial charge < -0.3 is 14.8 Å². The van der Waals surface area contributed by atoms with E-state index in [1.165, 1.54) is 0 Å². The fraction of sp³-hybridized carbons (Fsp3) is 0.500. The summed E-state index contributed by atoms with van der Waals surface area (Å²) in [5, 5.41) is 3.89. The quantitative estimate of drug-likeness (QED) is 0.803. The van der Waals surface area contributed by atoms with Crippen LogP contribution in [0.4, 0.5) is 5.82 Å². The molecule has 0 amide bonds. The first-order chi connectivity index (χ1) is 7.69. The zero-order chi connectivity index (χ0) is 12.0. The van der Waals surface area contributed by atoms with E-state index in [1.807, 2.05) is 6.92 Å². The van der Waals surface area contributed by atoms with E-state index in [-0.39, 0.29) is 0 Å². The lowest BCUT2D eigenvalue weighted by Crippen LogP contribution is -2.07. The molecule has 0 saturated heterocycles. The highest BCUT2D eigenvalue weighted by atomic mass is 35.5. The molecule has 0 unspecified atom stereocenters. The van der Waals surface area contributed by atoms with E-state index in [9.17, 15) is 0 Å². The van der Waals surface area contributed by atoms with Crippen LogP contribution in [0.25, 0.3) is 0 Å². The molecule has 0 aromatic carbocycles. The molecule has 6 heteroatoms. The Kier molecular flexibility index (Phi) is 5.66. The second-order valence-electron chi connectivity index (χ2n) is 2.98. The Morgan fingerprint density at radius 1 is 1.31 bits per heavy atom. The molecule has 0 fully saturated rings. The largest absolute Gasteiger partial charge is 0.474 e. The van der Waals surface area contributed by atoms with Gasteiger partial charge in [-0.2, -0.15) is 4.98 Å². The molecule has 0 aliphatic heterocycles. The number of methoxy groups -OCH3 is 1. The molecule has 0 aliphatic carbocycles. The Bertz CT molecular complexity index is 348. The molecule has 1 aromatic heterocycles. The highest BCUT2D eigenvalue weighted by molar-refractivity contribution is 6.36. The predicted octanol–water partition coefficient (Wildman–Crippen LogP) is 2.85. The van der Waals surface area contributed by atoms with Crippen molar-refractivity contribution >= 4 is 29.0 Å². The van der Waals surface area contributed by atoms with Crippen molar-refractivity contribution in [3.63, 3.8) is 0 Å². The molecule has 0 bridgehead atoms. The molecule has 90 valence electrons. The zero-order valence-electron chi connectivity index (χ0n) is 9.22. The topological polar surface area (TPSA) is 43.4 Å². The van der Waals surface area contributed by atoms with Crippen molar-refractivity contribution in [1.82, 2.24) is 4.98 Å². The van der Waals surface area contributed by atoms with Crippen molar-refractivity contribution in [3.8, 4) is 5.88 Å². The summed E-state index contributed by atoms with van der Waals surface area (Å²) in [5.41, 5.74) is 0. The summed E-state index contributed by atoms with van der Waals surface area (Å²) in [6.07, 6.45) is 0. The molecule has 1 aromatic rings. The minimum absolute atomic E-state index is 0.360. The fourth-order valence-electron chi connectivity index (χ4n) is 1.06. The van der Waals surface area contributed by atoms with Crippen LogP contribution < -0.4 is 10.1 Å². The van der Waals surface area contributed by atoms with Crippen LogP contribution in [0.15, 0.2) is 6.07 Å². The summed E-state index contributed by atoms with van der Waals surface area (Å²) in [6, 6.07) is 1.61.